The minimum absolute atomic E-state index is 0.150. The van der Waals surface area contributed by atoms with Crippen LogP contribution in [0.4, 0.5) is 0 Å². The topological polar surface area (TPSA) is 48.6 Å². The minimum atomic E-state index is -0.150. The van der Waals surface area contributed by atoms with E-state index in [1.165, 1.54) is 11.3 Å². The molecule has 1 aromatic carbocycles. The summed E-state index contributed by atoms with van der Waals surface area (Å²) >= 11 is 10.0. The van der Waals surface area contributed by atoms with Crippen LogP contribution < -0.4 is 5.56 Å². The molecule has 0 unspecified atom stereocenters. The van der Waals surface area contributed by atoms with Crippen LogP contribution in [0.2, 0.25) is 0 Å². The highest BCUT2D eigenvalue weighted by molar-refractivity contribution is 9.10. The molecule has 0 saturated carbocycles. The molecule has 0 aliphatic heterocycles. The first-order valence-electron chi connectivity index (χ1n) is 5.56. The van der Waals surface area contributed by atoms with E-state index in [0.717, 1.165) is 26.0 Å². The van der Waals surface area contributed by atoms with E-state index in [1.54, 1.807) is 0 Å². The molecule has 6 heteroatoms. The van der Waals surface area contributed by atoms with Crippen molar-refractivity contribution >= 4 is 49.7 Å². The van der Waals surface area contributed by atoms with E-state index in [0.29, 0.717) is 10.2 Å². The second-order valence-electron chi connectivity index (χ2n) is 4.25. The third-order valence-corrected chi connectivity index (χ3v) is 4.68. The molecule has 0 atom stereocenters. The zero-order chi connectivity index (χ0) is 13.6. The van der Waals surface area contributed by atoms with Gasteiger partial charge in [0.15, 0.2) is 4.77 Å². The molecule has 0 spiro atoms. The minimum Gasteiger partial charge on any atom is -0.323 e. The lowest BCUT2D eigenvalue weighted by Gasteiger charge is -2.04. The van der Waals surface area contributed by atoms with Gasteiger partial charge in [0.25, 0.3) is 5.56 Å². The lowest BCUT2D eigenvalue weighted by Crippen LogP contribution is -2.07. The molecule has 0 radical (unpaired) electrons. The Morgan fingerprint density at radius 3 is 2.84 bits per heavy atom. The molecule has 3 rings (SSSR count). The summed E-state index contributed by atoms with van der Waals surface area (Å²) in [4.78, 5) is 18.6. The number of aryl methyl sites for hydroxylation is 1. The van der Waals surface area contributed by atoms with Crippen molar-refractivity contribution in [1.29, 1.82) is 0 Å². The van der Waals surface area contributed by atoms with Crippen molar-refractivity contribution in [3.63, 3.8) is 0 Å². The molecule has 2 heterocycles. The first-order valence-corrected chi connectivity index (χ1v) is 7.64. The molecule has 2 aromatic heterocycles. The second-order valence-corrected chi connectivity index (χ2v) is 6.39. The summed E-state index contributed by atoms with van der Waals surface area (Å²) in [6, 6.07) is 6.08. The van der Waals surface area contributed by atoms with Crippen LogP contribution in [0.5, 0.6) is 0 Å². The molecule has 19 heavy (non-hydrogen) atoms. The van der Waals surface area contributed by atoms with Crippen LogP contribution in [-0.2, 0) is 0 Å². The normalized spacial score (nSPS) is 11.1. The van der Waals surface area contributed by atoms with Gasteiger partial charge >= 0.3 is 0 Å². The first kappa shape index (κ1) is 12.8. The standard InChI is InChI=1S/C13H9BrN2OS2/c1-6-2-3-9(14)7(4-6)8-5-19-12-10(8)11(17)15-13(18)16-12/h2-5H,1H3,(H2,15,16,17,18). The number of thiophene rings is 1. The summed E-state index contributed by atoms with van der Waals surface area (Å²) < 4.78 is 1.33. The van der Waals surface area contributed by atoms with Crippen LogP contribution in [0.15, 0.2) is 32.8 Å². The number of benzene rings is 1. The highest BCUT2D eigenvalue weighted by Crippen LogP contribution is 2.35. The number of halogens is 1. The number of aromatic amines is 2. The molecule has 0 aliphatic carbocycles. The van der Waals surface area contributed by atoms with Crippen LogP contribution in [0.1, 0.15) is 5.56 Å². The summed E-state index contributed by atoms with van der Waals surface area (Å²) in [5.74, 6) is 0. The highest BCUT2D eigenvalue weighted by Gasteiger charge is 2.13. The number of hydrogen-bond donors (Lipinski definition) is 2. The van der Waals surface area contributed by atoms with Crippen molar-refractivity contribution in [2.75, 3.05) is 0 Å². The lowest BCUT2D eigenvalue weighted by molar-refractivity contribution is 1.15. The number of H-pyrrole nitrogens is 2. The molecule has 0 amide bonds. The van der Waals surface area contributed by atoms with E-state index in [4.69, 9.17) is 12.2 Å². The Morgan fingerprint density at radius 1 is 1.26 bits per heavy atom. The van der Waals surface area contributed by atoms with E-state index in [-0.39, 0.29) is 5.56 Å². The molecule has 3 aromatic rings. The van der Waals surface area contributed by atoms with Crippen molar-refractivity contribution in [3.05, 3.63) is 48.7 Å². The van der Waals surface area contributed by atoms with Crippen molar-refractivity contribution in [2.24, 2.45) is 0 Å². The maximum absolute atomic E-state index is 12.1. The van der Waals surface area contributed by atoms with Crippen LogP contribution >= 0.6 is 39.5 Å². The Hall–Kier alpha value is -1.24. The summed E-state index contributed by atoms with van der Waals surface area (Å²) in [6.07, 6.45) is 0. The van der Waals surface area contributed by atoms with E-state index in [9.17, 15) is 4.79 Å². The van der Waals surface area contributed by atoms with Crippen LogP contribution in [0.25, 0.3) is 21.3 Å². The van der Waals surface area contributed by atoms with Gasteiger partial charge < -0.3 is 4.98 Å². The second kappa shape index (κ2) is 4.70. The van der Waals surface area contributed by atoms with Crippen molar-refractivity contribution in [2.45, 2.75) is 6.92 Å². The maximum atomic E-state index is 12.1. The number of aromatic nitrogens is 2. The zero-order valence-corrected chi connectivity index (χ0v) is 13.1. The molecular weight excluding hydrogens is 344 g/mol. The van der Waals surface area contributed by atoms with Gasteiger partial charge in [0.2, 0.25) is 0 Å². The monoisotopic (exact) mass is 352 g/mol. The number of rotatable bonds is 1. The largest absolute Gasteiger partial charge is 0.323 e. The first-order chi connectivity index (χ1) is 9.06. The van der Waals surface area contributed by atoms with E-state index < -0.39 is 0 Å². The predicted molar refractivity (Wildman–Crippen MR) is 85.5 cm³/mol. The molecule has 0 fully saturated rings. The third-order valence-electron chi connectivity index (χ3n) is 2.88. The van der Waals surface area contributed by atoms with Gasteiger partial charge in [-0.1, -0.05) is 33.6 Å². The van der Waals surface area contributed by atoms with Crippen LogP contribution in [0, 0.1) is 11.7 Å². The van der Waals surface area contributed by atoms with Gasteiger partial charge in [0.05, 0.1) is 5.39 Å². The fraction of sp³-hybridized carbons (Fsp3) is 0.0769. The molecule has 0 aliphatic rings. The average Bonchev–Trinajstić information content (AvgIpc) is 2.76. The van der Waals surface area contributed by atoms with Gasteiger partial charge in [-0.25, -0.2) is 0 Å². The van der Waals surface area contributed by atoms with Crippen LogP contribution in [-0.4, -0.2) is 9.97 Å². The molecular formula is C13H9BrN2OS2. The molecule has 0 bridgehead atoms. The van der Waals surface area contributed by atoms with Crippen molar-refractivity contribution < 1.29 is 0 Å². The molecule has 2 N–H and O–H groups in total. The van der Waals surface area contributed by atoms with E-state index in [1.807, 2.05) is 24.4 Å². The van der Waals surface area contributed by atoms with E-state index >= 15 is 0 Å². The van der Waals surface area contributed by atoms with Gasteiger partial charge in [0.1, 0.15) is 4.83 Å². The fourth-order valence-electron chi connectivity index (χ4n) is 2.02. The fourth-order valence-corrected chi connectivity index (χ4v) is 3.70. The van der Waals surface area contributed by atoms with Gasteiger partial charge in [0, 0.05) is 15.4 Å². The summed E-state index contributed by atoms with van der Waals surface area (Å²) in [6.45, 7) is 2.03. The number of nitrogens with one attached hydrogen (secondary N) is 2. The SMILES string of the molecule is Cc1ccc(Br)c(-c2csc3[nH]c(=S)[nH]c(=O)c23)c1. The zero-order valence-electron chi connectivity index (χ0n) is 9.91. The Morgan fingerprint density at radius 2 is 2.05 bits per heavy atom. The smallest absolute Gasteiger partial charge is 0.261 e. The predicted octanol–water partition coefficient (Wildman–Crippen LogP) is 4.39. The summed E-state index contributed by atoms with van der Waals surface area (Å²) in [7, 11) is 0. The third kappa shape index (κ3) is 2.20. The highest BCUT2D eigenvalue weighted by atomic mass is 79.9. The molecule has 96 valence electrons. The van der Waals surface area contributed by atoms with Crippen molar-refractivity contribution in [3.8, 4) is 11.1 Å². The lowest BCUT2D eigenvalue weighted by atomic mass is 10.0. The van der Waals surface area contributed by atoms with E-state index in [2.05, 4.69) is 32.0 Å². The Kier molecular flexibility index (Phi) is 3.16. The van der Waals surface area contributed by atoms with Gasteiger partial charge in [-0.3, -0.25) is 9.78 Å². The van der Waals surface area contributed by atoms with Gasteiger partial charge in [-0.05, 0) is 30.8 Å². The summed E-state index contributed by atoms with van der Waals surface area (Å²) in [5, 5.41) is 2.63. The Balaban J connectivity index is 2.41. The number of fused-ring (bicyclic) bond motifs is 1. The number of hydrogen-bond acceptors (Lipinski definition) is 3. The Labute approximate surface area is 126 Å². The van der Waals surface area contributed by atoms with Crippen LogP contribution in [0.3, 0.4) is 0 Å². The molecule has 0 saturated heterocycles. The summed E-state index contributed by atoms with van der Waals surface area (Å²) in [5.41, 5.74) is 2.94. The quantitative estimate of drug-likeness (QED) is 0.638. The van der Waals surface area contributed by atoms with Gasteiger partial charge in [-0.15, -0.1) is 11.3 Å². The molecule has 3 nitrogen and oxygen atoms in total. The van der Waals surface area contributed by atoms with Crippen molar-refractivity contribution in [1.82, 2.24) is 9.97 Å². The average molecular weight is 353 g/mol. The Bertz CT molecular complexity index is 892. The maximum Gasteiger partial charge on any atom is 0.261 e. The van der Waals surface area contributed by atoms with Gasteiger partial charge in [-0.2, -0.15) is 0 Å².